The first-order valence-corrected chi connectivity index (χ1v) is 10.4. The monoisotopic (exact) mass is 386 g/mol. The van der Waals surface area contributed by atoms with E-state index < -0.39 is 11.6 Å². The van der Waals surface area contributed by atoms with Gasteiger partial charge in [-0.15, -0.1) is 0 Å². The predicted octanol–water partition coefficient (Wildman–Crippen LogP) is 7.68. The van der Waals surface area contributed by atoms with Crippen LogP contribution in [0.15, 0.2) is 54.6 Å². The van der Waals surface area contributed by atoms with Crippen LogP contribution in [0.3, 0.4) is 0 Å². The van der Waals surface area contributed by atoms with E-state index in [1.807, 2.05) is 12.1 Å². The Morgan fingerprint density at radius 2 is 1.57 bits per heavy atom. The second-order valence-electron chi connectivity index (χ2n) is 7.90. The van der Waals surface area contributed by atoms with Gasteiger partial charge in [0.1, 0.15) is 0 Å². The first-order valence-electron chi connectivity index (χ1n) is 10.4. The van der Waals surface area contributed by atoms with Gasteiger partial charge >= 0.3 is 0 Å². The Kier molecular flexibility index (Phi) is 7.76. The Morgan fingerprint density at radius 1 is 0.857 bits per heavy atom. The molecule has 28 heavy (non-hydrogen) atoms. The molecule has 0 N–H and O–H groups in total. The maximum atomic E-state index is 13.4. The van der Waals surface area contributed by atoms with E-state index in [2.05, 4.69) is 24.3 Å². The van der Waals surface area contributed by atoms with Gasteiger partial charge in [0.2, 0.25) is 0 Å². The summed E-state index contributed by atoms with van der Waals surface area (Å²) in [6.45, 7) is -0.223. The fourth-order valence-electron chi connectivity index (χ4n) is 4.06. The summed E-state index contributed by atoms with van der Waals surface area (Å²) in [6.07, 6.45) is 13.2. The standard InChI is InChI=1S/C25H29F3/c26-17-3-1-2-4-19-5-7-20(8-6-19)9-10-21-11-13-22(14-12-21)23-15-16-24(27)25(28)18-23/h2,4,11-16,18-20H,1,3,5-10,17H2/b4-2+. The van der Waals surface area contributed by atoms with Gasteiger partial charge in [0, 0.05) is 0 Å². The highest BCUT2D eigenvalue weighted by molar-refractivity contribution is 5.63. The maximum Gasteiger partial charge on any atom is 0.159 e. The lowest BCUT2D eigenvalue weighted by Crippen LogP contribution is -2.13. The van der Waals surface area contributed by atoms with Crippen molar-refractivity contribution in [3.63, 3.8) is 0 Å². The molecule has 0 unspecified atom stereocenters. The van der Waals surface area contributed by atoms with E-state index in [1.54, 1.807) is 6.07 Å². The fraction of sp³-hybridized carbons (Fsp3) is 0.440. The molecule has 3 heteroatoms. The minimum absolute atomic E-state index is 0.223. The molecule has 0 saturated heterocycles. The predicted molar refractivity (Wildman–Crippen MR) is 110 cm³/mol. The van der Waals surface area contributed by atoms with Crippen molar-refractivity contribution >= 4 is 0 Å². The fourth-order valence-corrected chi connectivity index (χ4v) is 4.06. The third kappa shape index (κ3) is 5.98. The quantitative estimate of drug-likeness (QED) is 0.322. The molecule has 1 aliphatic rings. The number of halogens is 3. The maximum absolute atomic E-state index is 13.4. The second kappa shape index (κ2) is 10.5. The Labute approximate surface area is 166 Å². The molecule has 1 saturated carbocycles. The number of aryl methyl sites for hydroxylation is 1. The number of hydrogen-bond acceptors (Lipinski definition) is 0. The van der Waals surface area contributed by atoms with E-state index in [0.29, 0.717) is 17.9 Å². The third-order valence-electron chi connectivity index (χ3n) is 5.85. The second-order valence-corrected chi connectivity index (χ2v) is 7.90. The molecule has 1 aliphatic carbocycles. The lowest BCUT2D eigenvalue weighted by molar-refractivity contribution is 0.296. The number of hydrogen-bond donors (Lipinski definition) is 0. The Bertz CT molecular complexity index is 756. The third-order valence-corrected chi connectivity index (χ3v) is 5.85. The highest BCUT2D eigenvalue weighted by Crippen LogP contribution is 2.32. The van der Waals surface area contributed by atoms with Crippen molar-refractivity contribution in [3.8, 4) is 11.1 Å². The summed E-state index contributed by atoms with van der Waals surface area (Å²) in [5.74, 6) is -0.174. The van der Waals surface area contributed by atoms with Gasteiger partial charge in [-0.2, -0.15) is 0 Å². The molecule has 0 aromatic heterocycles. The lowest BCUT2D eigenvalue weighted by atomic mass is 9.79. The van der Waals surface area contributed by atoms with Gasteiger partial charge in [-0.25, -0.2) is 8.78 Å². The summed E-state index contributed by atoms with van der Waals surface area (Å²) in [5, 5.41) is 0. The molecular formula is C25H29F3. The van der Waals surface area contributed by atoms with Crippen LogP contribution in [0.4, 0.5) is 13.2 Å². The van der Waals surface area contributed by atoms with Gasteiger partial charge in [0.25, 0.3) is 0 Å². The summed E-state index contributed by atoms with van der Waals surface area (Å²) in [5.41, 5.74) is 2.89. The van der Waals surface area contributed by atoms with Crippen molar-refractivity contribution in [1.29, 1.82) is 0 Å². The van der Waals surface area contributed by atoms with Crippen LogP contribution in [-0.4, -0.2) is 6.67 Å². The van der Waals surface area contributed by atoms with Crippen LogP contribution in [0.1, 0.15) is 50.5 Å². The molecule has 0 atom stereocenters. The molecule has 0 aliphatic heterocycles. The van der Waals surface area contributed by atoms with Gasteiger partial charge < -0.3 is 0 Å². The molecule has 0 spiro atoms. The van der Waals surface area contributed by atoms with Crippen molar-refractivity contribution in [3.05, 3.63) is 71.8 Å². The molecule has 0 bridgehead atoms. The minimum atomic E-state index is -0.814. The van der Waals surface area contributed by atoms with Crippen molar-refractivity contribution in [1.82, 2.24) is 0 Å². The zero-order valence-electron chi connectivity index (χ0n) is 16.3. The minimum Gasteiger partial charge on any atom is -0.251 e. The van der Waals surface area contributed by atoms with Gasteiger partial charge in [-0.05, 0) is 92.0 Å². The van der Waals surface area contributed by atoms with Crippen molar-refractivity contribution in [2.75, 3.05) is 6.67 Å². The number of rotatable bonds is 8. The van der Waals surface area contributed by atoms with E-state index in [0.717, 1.165) is 24.3 Å². The number of benzene rings is 2. The van der Waals surface area contributed by atoms with Crippen LogP contribution in [-0.2, 0) is 6.42 Å². The van der Waals surface area contributed by atoms with E-state index in [-0.39, 0.29) is 6.67 Å². The van der Waals surface area contributed by atoms with Crippen molar-refractivity contribution in [2.45, 2.75) is 51.4 Å². The van der Waals surface area contributed by atoms with Crippen LogP contribution in [0.5, 0.6) is 0 Å². The molecule has 2 aromatic carbocycles. The van der Waals surface area contributed by atoms with Gasteiger partial charge in [-0.3, -0.25) is 4.39 Å². The number of alkyl halides is 1. The average molecular weight is 387 g/mol. The highest BCUT2D eigenvalue weighted by atomic mass is 19.2. The molecule has 1 fully saturated rings. The van der Waals surface area contributed by atoms with Crippen LogP contribution >= 0.6 is 0 Å². The van der Waals surface area contributed by atoms with Crippen LogP contribution in [0.2, 0.25) is 0 Å². The summed E-state index contributed by atoms with van der Waals surface area (Å²) in [4.78, 5) is 0. The molecule has 2 aromatic rings. The van der Waals surface area contributed by atoms with Crippen molar-refractivity contribution < 1.29 is 13.2 Å². The topological polar surface area (TPSA) is 0 Å². The van der Waals surface area contributed by atoms with E-state index in [1.165, 1.54) is 49.8 Å². The smallest absolute Gasteiger partial charge is 0.159 e. The van der Waals surface area contributed by atoms with Crippen molar-refractivity contribution in [2.24, 2.45) is 11.8 Å². The summed E-state index contributed by atoms with van der Waals surface area (Å²) in [7, 11) is 0. The average Bonchev–Trinajstić information content (AvgIpc) is 2.73. The van der Waals surface area contributed by atoms with E-state index >= 15 is 0 Å². The molecule has 3 rings (SSSR count). The normalized spacial score (nSPS) is 20.0. The highest BCUT2D eigenvalue weighted by Gasteiger charge is 2.19. The van der Waals surface area contributed by atoms with Gasteiger partial charge in [0.05, 0.1) is 6.67 Å². The van der Waals surface area contributed by atoms with Crippen LogP contribution in [0, 0.1) is 23.5 Å². The molecular weight excluding hydrogens is 357 g/mol. The Balaban J connectivity index is 1.44. The summed E-state index contributed by atoms with van der Waals surface area (Å²) >= 11 is 0. The zero-order chi connectivity index (χ0) is 19.8. The zero-order valence-corrected chi connectivity index (χ0v) is 16.3. The first-order chi connectivity index (χ1) is 13.7. The SMILES string of the molecule is FCCC/C=C/C1CCC(CCc2ccc(-c3ccc(F)c(F)c3)cc2)CC1. The molecule has 0 amide bonds. The van der Waals surface area contributed by atoms with Gasteiger partial charge in [0.15, 0.2) is 11.6 Å². The van der Waals surface area contributed by atoms with E-state index in [4.69, 9.17) is 0 Å². The largest absolute Gasteiger partial charge is 0.251 e. The molecule has 0 nitrogen and oxygen atoms in total. The van der Waals surface area contributed by atoms with E-state index in [9.17, 15) is 13.2 Å². The Hall–Kier alpha value is -2.03. The summed E-state index contributed by atoms with van der Waals surface area (Å²) in [6, 6.07) is 12.2. The Morgan fingerprint density at radius 3 is 2.25 bits per heavy atom. The van der Waals surface area contributed by atoms with Gasteiger partial charge in [-0.1, -0.05) is 42.5 Å². The summed E-state index contributed by atoms with van der Waals surface area (Å²) < 4.78 is 38.6. The van der Waals surface area contributed by atoms with Crippen LogP contribution < -0.4 is 0 Å². The molecule has 0 radical (unpaired) electrons. The number of unbranched alkanes of at least 4 members (excludes halogenated alkanes) is 1. The first kappa shape index (κ1) is 20.7. The lowest BCUT2D eigenvalue weighted by Gasteiger charge is -2.26. The molecule has 0 heterocycles. The number of allylic oxidation sites excluding steroid dienone is 2. The van der Waals surface area contributed by atoms with Crippen LogP contribution in [0.25, 0.3) is 11.1 Å². The molecule has 150 valence electrons.